The molecule has 8 heteroatoms. The SMILES string of the molecule is Cc1ccc(S(=O)(=O)N[C@@H](C)C(=O)N(Cc2ccco2)Cc2ccccc2O)cc1. The van der Waals surface area contributed by atoms with Crippen molar-refractivity contribution in [3.63, 3.8) is 0 Å². The summed E-state index contributed by atoms with van der Waals surface area (Å²) in [5, 5.41) is 10.1. The highest BCUT2D eigenvalue weighted by atomic mass is 32.2. The summed E-state index contributed by atoms with van der Waals surface area (Å²) in [6.07, 6.45) is 1.50. The van der Waals surface area contributed by atoms with Crippen molar-refractivity contribution in [1.82, 2.24) is 9.62 Å². The molecule has 1 heterocycles. The van der Waals surface area contributed by atoms with E-state index >= 15 is 0 Å². The van der Waals surface area contributed by atoms with Gasteiger partial charge in [0.2, 0.25) is 15.9 Å². The fourth-order valence-electron chi connectivity index (χ4n) is 3.00. The predicted molar refractivity (Wildman–Crippen MR) is 112 cm³/mol. The first-order valence-corrected chi connectivity index (χ1v) is 10.9. The number of rotatable bonds is 8. The van der Waals surface area contributed by atoms with E-state index in [2.05, 4.69) is 4.72 Å². The zero-order chi connectivity index (χ0) is 21.7. The van der Waals surface area contributed by atoms with Crippen LogP contribution in [0.15, 0.2) is 76.2 Å². The Morgan fingerprint density at radius 2 is 1.77 bits per heavy atom. The molecule has 1 amide bonds. The summed E-state index contributed by atoms with van der Waals surface area (Å²) in [4.78, 5) is 14.7. The molecule has 0 fully saturated rings. The third-order valence-electron chi connectivity index (χ3n) is 4.62. The topological polar surface area (TPSA) is 99.9 Å². The molecule has 2 N–H and O–H groups in total. The number of amides is 1. The molecule has 3 rings (SSSR count). The van der Waals surface area contributed by atoms with Gasteiger partial charge in [-0.2, -0.15) is 4.72 Å². The number of furan rings is 1. The maximum Gasteiger partial charge on any atom is 0.241 e. The number of carbonyl (C=O) groups is 1. The number of aryl methyl sites for hydroxylation is 1. The van der Waals surface area contributed by atoms with Gasteiger partial charge in [0.15, 0.2) is 0 Å². The summed E-state index contributed by atoms with van der Waals surface area (Å²) in [5.74, 6) is 0.167. The van der Waals surface area contributed by atoms with Gasteiger partial charge in [0, 0.05) is 12.1 Å². The van der Waals surface area contributed by atoms with Crippen LogP contribution in [0.25, 0.3) is 0 Å². The Kier molecular flexibility index (Phi) is 6.59. The molecule has 0 saturated carbocycles. The average Bonchev–Trinajstić information content (AvgIpc) is 3.21. The highest BCUT2D eigenvalue weighted by Crippen LogP contribution is 2.20. The molecule has 0 radical (unpaired) electrons. The van der Waals surface area contributed by atoms with Gasteiger partial charge in [0.1, 0.15) is 11.5 Å². The molecule has 7 nitrogen and oxygen atoms in total. The summed E-state index contributed by atoms with van der Waals surface area (Å²) in [7, 11) is -3.87. The third kappa shape index (κ3) is 5.28. The third-order valence-corrected chi connectivity index (χ3v) is 6.18. The van der Waals surface area contributed by atoms with E-state index in [4.69, 9.17) is 4.42 Å². The van der Waals surface area contributed by atoms with Gasteiger partial charge in [0.05, 0.1) is 23.7 Å². The van der Waals surface area contributed by atoms with E-state index in [1.54, 1.807) is 42.5 Å². The second kappa shape index (κ2) is 9.15. The van der Waals surface area contributed by atoms with Crippen LogP contribution in [0, 0.1) is 6.92 Å². The second-order valence-corrected chi connectivity index (χ2v) is 8.77. The Morgan fingerprint density at radius 3 is 2.40 bits per heavy atom. The number of carbonyl (C=O) groups excluding carboxylic acids is 1. The molecule has 0 aliphatic rings. The molecule has 1 aromatic heterocycles. The number of nitrogens with zero attached hydrogens (tertiary/aromatic N) is 1. The number of phenolic OH excluding ortho intramolecular Hbond substituents is 1. The average molecular weight is 429 g/mol. The molecule has 3 aromatic rings. The number of hydrogen-bond acceptors (Lipinski definition) is 5. The van der Waals surface area contributed by atoms with Crippen molar-refractivity contribution < 1.29 is 22.7 Å². The van der Waals surface area contributed by atoms with Crippen molar-refractivity contribution in [3.8, 4) is 5.75 Å². The van der Waals surface area contributed by atoms with Crippen molar-refractivity contribution >= 4 is 15.9 Å². The van der Waals surface area contributed by atoms with E-state index in [-0.39, 0.29) is 23.7 Å². The smallest absolute Gasteiger partial charge is 0.241 e. The minimum atomic E-state index is -3.87. The van der Waals surface area contributed by atoms with Gasteiger partial charge < -0.3 is 14.4 Å². The first-order chi connectivity index (χ1) is 14.3. The number of benzene rings is 2. The minimum absolute atomic E-state index is 0.0580. The molecule has 30 heavy (non-hydrogen) atoms. The number of nitrogens with one attached hydrogen (secondary N) is 1. The van der Waals surface area contributed by atoms with Crippen LogP contribution < -0.4 is 4.72 Å². The Bertz CT molecular complexity index is 1090. The van der Waals surface area contributed by atoms with Crippen LogP contribution in [0.5, 0.6) is 5.75 Å². The standard InChI is InChI=1S/C22H24N2O5S/c1-16-9-11-20(12-10-16)30(27,28)23-17(2)22(26)24(15-19-7-5-13-29-19)14-18-6-3-4-8-21(18)25/h3-13,17,23,25H,14-15H2,1-2H3/t17-/m0/s1. The number of sulfonamides is 1. The van der Waals surface area contributed by atoms with E-state index < -0.39 is 22.0 Å². The summed E-state index contributed by atoms with van der Waals surface area (Å²) < 4.78 is 33.1. The molecular formula is C22H24N2O5S. The molecule has 0 bridgehead atoms. The largest absolute Gasteiger partial charge is 0.508 e. The van der Waals surface area contributed by atoms with E-state index in [0.29, 0.717) is 11.3 Å². The maximum absolute atomic E-state index is 13.1. The lowest BCUT2D eigenvalue weighted by atomic mass is 10.1. The van der Waals surface area contributed by atoms with Crippen LogP contribution in [0.3, 0.4) is 0 Å². The molecule has 2 aromatic carbocycles. The first kappa shape index (κ1) is 21.6. The summed E-state index contributed by atoms with van der Waals surface area (Å²) >= 11 is 0. The van der Waals surface area contributed by atoms with Gasteiger partial charge >= 0.3 is 0 Å². The van der Waals surface area contributed by atoms with Gasteiger partial charge in [-0.3, -0.25) is 4.79 Å². The number of aromatic hydroxyl groups is 1. The molecular weight excluding hydrogens is 404 g/mol. The van der Waals surface area contributed by atoms with Crippen LogP contribution in [0.2, 0.25) is 0 Å². The monoisotopic (exact) mass is 428 g/mol. The zero-order valence-electron chi connectivity index (χ0n) is 16.8. The number of hydrogen-bond donors (Lipinski definition) is 2. The van der Waals surface area contributed by atoms with Crippen molar-refractivity contribution in [1.29, 1.82) is 0 Å². The molecule has 0 spiro atoms. The maximum atomic E-state index is 13.1. The Hall–Kier alpha value is -3.10. The van der Waals surface area contributed by atoms with Gasteiger partial charge in [-0.15, -0.1) is 0 Å². The molecule has 0 unspecified atom stereocenters. The van der Waals surface area contributed by atoms with Crippen LogP contribution in [0.1, 0.15) is 23.8 Å². The highest BCUT2D eigenvalue weighted by Gasteiger charge is 2.27. The van der Waals surface area contributed by atoms with E-state index in [9.17, 15) is 18.3 Å². The van der Waals surface area contributed by atoms with Crippen LogP contribution in [0.4, 0.5) is 0 Å². The van der Waals surface area contributed by atoms with Gasteiger partial charge in [-0.05, 0) is 44.2 Å². The van der Waals surface area contributed by atoms with Crippen molar-refractivity contribution in [2.24, 2.45) is 0 Å². The van der Waals surface area contributed by atoms with Crippen molar-refractivity contribution in [2.75, 3.05) is 0 Å². The normalized spacial score (nSPS) is 12.5. The first-order valence-electron chi connectivity index (χ1n) is 9.43. The molecule has 158 valence electrons. The lowest BCUT2D eigenvalue weighted by Crippen LogP contribution is -2.46. The van der Waals surface area contributed by atoms with Crippen molar-refractivity contribution in [3.05, 3.63) is 83.8 Å². The Morgan fingerprint density at radius 1 is 1.07 bits per heavy atom. The fourth-order valence-corrected chi connectivity index (χ4v) is 4.19. The Balaban J connectivity index is 1.80. The van der Waals surface area contributed by atoms with Gasteiger partial charge in [-0.25, -0.2) is 8.42 Å². The molecule has 1 atom stereocenters. The molecule has 0 aliphatic carbocycles. The summed E-state index contributed by atoms with van der Waals surface area (Å²) in [6, 6.07) is 15.5. The lowest BCUT2D eigenvalue weighted by molar-refractivity contribution is -0.134. The van der Waals surface area contributed by atoms with E-state index in [0.717, 1.165) is 5.56 Å². The van der Waals surface area contributed by atoms with Crippen LogP contribution in [-0.2, 0) is 27.9 Å². The highest BCUT2D eigenvalue weighted by molar-refractivity contribution is 7.89. The summed E-state index contributed by atoms with van der Waals surface area (Å²) in [5.41, 5.74) is 1.48. The second-order valence-electron chi connectivity index (χ2n) is 7.06. The Labute approximate surface area is 176 Å². The number of phenols is 1. The quantitative estimate of drug-likeness (QED) is 0.574. The van der Waals surface area contributed by atoms with Crippen molar-refractivity contribution in [2.45, 2.75) is 37.9 Å². The minimum Gasteiger partial charge on any atom is -0.508 e. The van der Waals surface area contributed by atoms with E-state index in [1.807, 2.05) is 6.92 Å². The number of para-hydroxylation sites is 1. The van der Waals surface area contributed by atoms with E-state index in [1.165, 1.54) is 36.3 Å². The van der Waals surface area contributed by atoms with Crippen LogP contribution >= 0.6 is 0 Å². The lowest BCUT2D eigenvalue weighted by Gasteiger charge is -2.26. The fraction of sp³-hybridized carbons (Fsp3) is 0.227. The zero-order valence-corrected chi connectivity index (χ0v) is 17.6. The molecule has 0 saturated heterocycles. The molecule has 0 aliphatic heterocycles. The van der Waals surface area contributed by atoms with Gasteiger partial charge in [0.25, 0.3) is 0 Å². The predicted octanol–water partition coefficient (Wildman–Crippen LogP) is 3.19. The van der Waals surface area contributed by atoms with Gasteiger partial charge in [-0.1, -0.05) is 35.9 Å². The van der Waals surface area contributed by atoms with Crippen LogP contribution in [-0.4, -0.2) is 30.4 Å². The summed E-state index contributed by atoms with van der Waals surface area (Å²) in [6.45, 7) is 3.59.